The van der Waals surface area contributed by atoms with Crippen molar-refractivity contribution in [3.8, 4) is 0 Å². The van der Waals surface area contributed by atoms with Crippen LogP contribution in [0, 0.1) is 12.8 Å². The molecule has 2 rings (SSSR count). The largest absolute Gasteiger partial charge is 0.369 e. The molecule has 0 aromatic carbocycles. The average Bonchev–Trinajstić information content (AvgIpc) is 3.07. The zero-order valence-electron chi connectivity index (χ0n) is 17.1. The van der Waals surface area contributed by atoms with Gasteiger partial charge < -0.3 is 21.3 Å². The summed E-state index contributed by atoms with van der Waals surface area (Å²) in [5.74, 6) is 0.817. The van der Waals surface area contributed by atoms with E-state index in [0.29, 0.717) is 0 Å². The summed E-state index contributed by atoms with van der Waals surface area (Å²) in [6, 6.07) is 0. The van der Waals surface area contributed by atoms with Gasteiger partial charge >= 0.3 is 0 Å². The molecule has 0 spiro atoms. The number of guanidine groups is 1. The van der Waals surface area contributed by atoms with Crippen LogP contribution in [0.5, 0.6) is 0 Å². The predicted molar refractivity (Wildman–Crippen MR) is 128 cm³/mol. The maximum absolute atomic E-state index is 11.2. The molecule has 1 aromatic rings. The Morgan fingerprint density at radius 3 is 2.71 bits per heavy atom. The Labute approximate surface area is 190 Å². The fourth-order valence-corrected chi connectivity index (χ4v) is 3.90. The van der Waals surface area contributed by atoms with Crippen molar-refractivity contribution in [2.75, 3.05) is 39.3 Å². The second-order valence-corrected chi connectivity index (χ2v) is 8.08. The highest BCUT2D eigenvalue weighted by Gasteiger charge is 2.22. The molecule has 0 atom stereocenters. The van der Waals surface area contributed by atoms with Crippen molar-refractivity contribution in [3.63, 3.8) is 0 Å². The molecule has 4 N–H and O–H groups in total. The van der Waals surface area contributed by atoms with E-state index in [1.165, 1.54) is 0 Å². The van der Waals surface area contributed by atoms with Gasteiger partial charge in [-0.05, 0) is 59.2 Å². The van der Waals surface area contributed by atoms with Crippen molar-refractivity contribution >= 4 is 47.2 Å². The lowest BCUT2D eigenvalue weighted by atomic mass is 9.96. The summed E-state index contributed by atoms with van der Waals surface area (Å²) >= 11 is 1.69. The van der Waals surface area contributed by atoms with Crippen LogP contribution in [-0.2, 0) is 11.2 Å². The number of aromatic nitrogens is 1. The number of likely N-dealkylation sites (tertiary alicyclic amines) is 1. The molecule has 1 fully saturated rings. The van der Waals surface area contributed by atoms with E-state index in [1.54, 1.807) is 11.3 Å². The SMILES string of the molecule is CCNC(=NCCCCN1CCC(C(N)=O)CC1)NCCc1csc(C)n1.I. The van der Waals surface area contributed by atoms with Gasteiger partial charge in [0.25, 0.3) is 0 Å². The Balaban J connectivity index is 0.00000392. The number of nitrogens with one attached hydrogen (secondary N) is 2. The number of rotatable bonds is 10. The second-order valence-electron chi connectivity index (χ2n) is 7.02. The van der Waals surface area contributed by atoms with Crippen molar-refractivity contribution in [3.05, 3.63) is 16.1 Å². The molecule has 9 heteroatoms. The maximum Gasteiger partial charge on any atom is 0.220 e. The fraction of sp³-hybridized carbons (Fsp3) is 0.737. The molecule has 0 saturated carbocycles. The number of nitrogens with two attached hydrogens (primary N) is 1. The normalized spacial score (nSPS) is 15.9. The number of nitrogens with zero attached hydrogens (tertiary/aromatic N) is 3. The summed E-state index contributed by atoms with van der Waals surface area (Å²) in [6.07, 6.45) is 4.91. The van der Waals surface area contributed by atoms with Crippen LogP contribution in [0.3, 0.4) is 0 Å². The highest BCUT2D eigenvalue weighted by atomic mass is 127. The van der Waals surface area contributed by atoms with Crippen molar-refractivity contribution in [2.45, 2.75) is 46.0 Å². The van der Waals surface area contributed by atoms with Crippen LogP contribution in [0.2, 0.25) is 0 Å². The quantitative estimate of drug-likeness (QED) is 0.190. The number of hydrogen-bond donors (Lipinski definition) is 3. The number of halogens is 1. The number of aryl methyl sites for hydroxylation is 1. The van der Waals surface area contributed by atoms with E-state index >= 15 is 0 Å². The van der Waals surface area contributed by atoms with Crippen molar-refractivity contribution in [2.24, 2.45) is 16.6 Å². The van der Waals surface area contributed by atoms with E-state index in [0.717, 1.165) is 88.0 Å². The van der Waals surface area contributed by atoms with Crippen LogP contribution in [0.25, 0.3) is 0 Å². The third kappa shape index (κ3) is 9.51. The van der Waals surface area contributed by atoms with Crippen LogP contribution < -0.4 is 16.4 Å². The third-order valence-electron chi connectivity index (χ3n) is 4.83. The molecule has 7 nitrogen and oxygen atoms in total. The number of aliphatic imine (C=N–C) groups is 1. The van der Waals surface area contributed by atoms with Gasteiger partial charge in [-0.1, -0.05) is 0 Å². The molecule has 1 saturated heterocycles. The lowest BCUT2D eigenvalue weighted by Gasteiger charge is -2.30. The van der Waals surface area contributed by atoms with Gasteiger partial charge in [-0.25, -0.2) is 4.98 Å². The number of carbonyl (C=O) groups excluding carboxylic acids is 1. The average molecular weight is 523 g/mol. The van der Waals surface area contributed by atoms with Crippen molar-refractivity contribution < 1.29 is 4.79 Å². The van der Waals surface area contributed by atoms with E-state index < -0.39 is 0 Å². The summed E-state index contributed by atoms with van der Waals surface area (Å²) < 4.78 is 0. The van der Waals surface area contributed by atoms with Crippen LogP contribution in [-0.4, -0.2) is 61.0 Å². The number of piperidine rings is 1. The monoisotopic (exact) mass is 522 g/mol. The minimum Gasteiger partial charge on any atom is -0.369 e. The Kier molecular flexibility index (Phi) is 12.6. The molecule has 0 aliphatic carbocycles. The molecule has 28 heavy (non-hydrogen) atoms. The van der Waals surface area contributed by atoms with Crippen molar-refractivity contribution in [1.82, 2.24) is 20.5 Å². The first kappa shape index (κ1) is 25.1. The lowest BCUT2D eigenvalue weighted by molar-refractivity contribution is -0.123. The zero-order valence-corrected chi connectivity index (χ0v) is 20.2. The first-order valence-corrected chi connectivity index (χ1v) is 10.9. The van der Waals surface area contributed by atoms with Gasteiger partial charge in [-0.15, -0.1) is 35.3 Å². The zero-order chi connectivity index (χ0) is 19.5. The molecule has 160 valence electrons. The fourth-order valence-electron chi connectivity index (χ4n) is 3.25. The van der Waals surface area contributed by atoms with Gasteiger partial charge in [0, 0.05) is 37.4 Å². The van der Waals surface area contributed by atoms with E-state index in [1.807, 2.05) is 6.92 Å². The standard InChI is InChI=1S/C19H34N6OS.HI/c1-3-21-19(23-10-6-17-14-27-15(2)24-17)22-9-4-5-11-25-12-7-16(8-13-25)18(20)26;/h14,16H,3-13H2,1-2H3,(H2,20,26)(H2,21,22,23);1H. The number of thiazole rings is 1. The van der Waals surface area contributed by atoms with E-state index in [-0.39, 0.29) is 35.8 Å². The van der Waals surface area contributed by atoms with Crippen LogP contribution in [0.1, 0.15) is 43.3 Å². The number of unbranched alkanes of at least 4 members (excludes halogenated alkanes) is 1. The smallest absolute Gasteiger partial charge is 0.220 e. The summed E-state index contributed by atoms with van der Waals surface area (Å²) in [5, 5.41) is 9.91. The molecule has 2 heterocycles. The maximum atomic E-state index is 11.2. The van der Waals surface area contributed by atoms with Crippen LogP contribution in [0.15, 0.2) is 10.4 Å². The van der Waals surface area contributed by atoms with Crippen LogP contribution in [0.4, 0.5) is 0 Å². The molecule has 1 aliphatic rings. The lowest BCUT2D eigenvalue weighted by Crippen LogP contribution is -2.39. The molecular formula is C19H35IN6OS. The highest BCUT2D eigenvalue weighted by molar-refractivity contribution is 14.0. The third-order valence-corrected chi connectivity index (χ3v) is 5.65. The summed E-state index contributed by atoms with van der Waals surface area (Å²) in [7, 11) is 0. The van der Waals surface area contributed by atoms with Gasteiger partial charge in [-0.3, -0.25) is 9.79 Å². The number of hydrogen-bond acceptors (Lipinski definition) is 5. The van der Waals surface area contributed by atoms with Gasteiger partial charge in [-0.2, -0.15) is 0 Å². The molecule has 0 bridgehead atoms. The second kappa shape index (κ2) is 14.1. The van der Waals surface area contributed by atoms with E-state index in [2.05, 4.69) is 37.8 Å². The highest BCUT2D eigenvalue weighted by Crippen LogP contribution is 2.16. The van der Waals surface area contributed by atoms with Gasteiger partial charge in [0.1, 0.15) is 0 Å². The summed E-state index contributed by atoms with van der Waals surface area (Å²) in [6.45, 7) is 9.68. The van der Waals surface area contributed by atoms with Crippen LogP contribution >= 0.6 is 35.3 Å². The topological polar surface area (TPSA) is 95.6 Å². The first-order valence-electron chi connectivity index (χ1n) is 10.0. The number of primary amides is 1. The van der Waals surface area contributed by atoms with Gasteiger partial charge in [0.05, 0.1) is 10.7 Å². The Morgan fingerprint density at radius 1 is 1.36 bits per heavy atom. The molecule has 0 radical (unpaired) electrons. The molecule has 1 aliphatic heterocycles. The van der Waals surface area contributed by atoms with Gasteiger partial charge in [0.2, 0.25) is 5.91 Å². The summed E-state index contributed by atoms with van der Waals surface area (Å²) in [5.41, 5.74) is 6.53. The predicted octanol–water partition coefficient (Wildman–Crippen LogP) is 2.14. The Morgan fingerprint density at radius 2 is 2.11 bits per heavy atom. The number of carbonyl (C=O) groups is 1. The van der Waals surface area contributed by atoms with Crippen molar-refractivity contribution in [1.29, 1.82) is 0 Å². The molecular weight excluding hydrogens is 487 g/mol. The van der Waals surface area contributed by atoms with E-state index in [4.69, 9.17) is 5.73 Å². The number of amides is 1. The molecule has 1 amide bonds. The first-order chi connectivity index (χ1) is 13.1. The minimum atomic E-state index is -0.141. The Hall–Kier alpha value is -0.940. The van der Waals surface area contributed by atoms with E-state index in [9.17, 15) is 4.79 Å². The minimum absolute atomic E-state index is 0. The molecule has 1 aromatic heterocycles. The Bertz CT molecular complexity index is 601. The molecule has 0 unspecified atom stereocenters. The summed E-state index contributed by atoms with van der Waals surface area (Å²) in [4.78, 5) is 22.8. The van der Waals surface area contributed by atoms with Gasteiger partial charge in [0.15, 0.2) is 5.96 Å².